The zero-order valence-electron chi connectivity index (χ0n) is 8.49. The standard InChI is InChI=1S/C5H10O2.C4H6O3/c1-2-3-4-5(6)7;1-3-2-6-4(5)7-3/h2-4H2,1H3,(H,6,7);3H,2H2,1H3. The predicted octanol–water partition coefficient (Wildman–Crippen LogP) is 1.80. The van der Waals surface area contributed by atoms with E-state index < -0.39 is 12.1 Å². The summed E-state index contributed by atoms with van der Waals surface area (Å²) in [5.74, 6) is -0.693. The first-order valence-electron chi connectivity index (χ1n) is 4.61. The largest absolute Gasteiger partial charge is 0.508 e. The Hall–Kier alpha value is -1.26. The third-order valence-electron chi connectivity index (χ3n) is 1.48. The molecule has 1 N–H and O–H groups in total. The monoisotopic (exact) mass is 204 g/mol. The van der Waals surface area contributed by atoms with Gasteiger partial charge in [-0.2, -0.15) is 0 Å². The molecule has 1 aliphatic heterocycles. The Morgan fingerprint density at radius 1 is 1.64 bits per heavy atom. The van der Waals surface area contributed by atoms with E-state index in [9.17, 15) is 9.59 Å². The van der Waals surface area contributed by atoms with E-state index in [-0.39, 0.29) is 6.10 Å². The summed E-state index contributed by atoms with van der Waals surface area (Å²) in [5.41, 5.74) is 0. The molecule has 1 heterocycles. The molecule has 0 bridgehead atoms. The van der Waals surface area contributed by atoms with Crippen molar-refractivity contribution in [3.8, 4) is 0 Å². The number of carboxylic acid groups (broad SMARTS) is 1. The van der Waals surface area contributed by atoms with Crippen LogP contribution in [-0.2, 0) is 14.3 Å². The van der Waals surface area contributed by atoms with Gasteiger partial charge in [0.15, 0.2) is 0 Å². The summed E-state index contributed by atoms with van der Waals surface area (Å²) < 4.78 is 8.90. The highest BCUT2D eigenvalue weighted by atomic mass is 16.8. The predicted molar refractivity (Wildman–Crippen MR) is 49.1 cm³/mol. The number of ether oxygens (including phenoxy) is 2. The number of carboxylic acids is 1. The topological polar surface area (TPSA) is 72.8 Å². The summed E-state index contributed by atoms with van der Waals surface area (Å²) in [6.07, 6.45) is 1.48. The Bertz CT molecular complexity index is 190. The zero-order valence-corrected chi connectivity index (χ0v) is 8.49. The van der Waals surface area contributed by atoms with Gasteiger partial charge in [0.2, 0.25) is 0 Å². The molecule has 1 atom stereocenters. The van der Waals surface area contributed by atoms with Gasteiger partial charge in [-0.25, -0.2) is 4.79 Å². The van der Waals surface area contributed by atoms with Crippen LogP contribution >= 0.6 is 0 Å². The van der Waals surface area contributed by atoms with E-state index in [1.807, 2.05) is 6.92 Å². The molecule has 5 heteroatoms. The van der Waals surface area contributed by atoms with Crippen LogP contribution in [0, 0.1) is 0 Å². The van der Waals surface area contributed by atoms with Gasteiger partial charge in [0.25, 0.3) is 0 Å². The first-order chi connectivity index (χ1) is 6.56. The van der Waals surface area contributed by atoms with Gasteiger partial charge in [0.05, 0.1) is 0 Å². The number of carbonyl (C=O) groups excluding carboxylic acids is 1. The van der Waals surface area contributed by atoms with E-state index in [4.69, 9.17) is 5.11 Å². The third-order valence-corrected chi connectivity index (χ3v) is 1.48. The second-order valence-electron chi connectivity index (χ2n) is 2.99. The highest BCUT2D eigenvalue weighted by Gasteiger charge is 2.19. The van der Waals surface area contributed by atoms with Crippen LogP contribution in [0.15, 0.2) is 0 Å². The fraction of sp³-hybridized carbons (Fsp3) is 0.778. The molecule has 0 amide bonds. The van der Waals surface area contributed by atoms with Crippen molar-refractivity contribution in [1.82, 2.24) is 0 Å². The van der Waals surface area contributed by atoms with Crippen LogP contribution in [0.5, 0.6) is 0 Å². The number of aliphatic carboxylic acids is 1. The van der Waals surface area contributed by atoms with E-state index in [0.717, 1.165) is 12.8 Å². The minimum Gasteiger partial charge on any atom is -0.481 e. The fourth-order valence-electron chi connectivity index (χ4n) is 0.746. The Labute approximate surface area is 83.0 Å². The molecule has 0 aliphatic carbocycles. The summed E-state index contributed by atoms with van der Waals surface area (Å²) in [6.45, 7) is 4.16. The quantitative estimate of drug-likeness (QED) is 0.709. The molecular weight excluding hydrogens is 188 g/mol. The number of rotatable bonds is 3. The fourth-order valence-corrected chi connectivity index (χ4v) is 0.746. The summed E-state index contributed by atoms with van der Waals surface area (Å²) in [6, 6.07) is 0. The molecule has 1 fully saturated rings. The Kier molecular flexibility index (Phi) is 6.53. The molecule has 0 aromatic heterocycles. The van der Waals surface area contributed by atoms with Gasteiger partial charge in [-0.3, -0.25) is 4.79 Å². The van der Waals surface area contributed by atoms with Crippen molar-refractivity contribution in [2.45, 2.75) is 39.2 Å². The van der Waals surface area contributed by atoms with E-state index in [0.29, 0.717) is 13.0 Å². The minimum absolute atomic E-state index is 0.0486. The molecular formula is C9H16O5. The number of cyclic esters (lactones) is 2. The maximum Gasteiger partial charge on any atom is 0.508 e. The van der Waals surface area contributed by atoms with Crippen LogP contribution in [0.4, 0.5) is 4.79 Å². The molecule has 0 spiro atoms. The van der Waals surface area contributed by atoms with Crippen LogP contribution in [0.2, 0.25) is 0 Å². The van der Waals surface area contributed by atoms with Crippen LogP contribution < -0.4 is 0 Å². The van der Waals surface area contributed by atoms with Gasteiger partial charge in [-0.05, 0) is 13.3 Å². The van der Waals surface area contributed by atoms with Crippen molar-refractivity contribution < 1.29 is 24.2 Å². The van der Waals surface area contributed by atoms with Crippen molar-refractivity contribution in [2.75, 3.05) is 6.61 Å². The first-order valence-corrected chi connectivity index (χ1v) is 4.61. The second-order valence-corrected chi connectivity index (χ2v) is 2.99. The third kappa shape index (κ3) is 7.39. The molecule has 14 heavy (non-hydrogen) atoms. The van der Waals surface area contributed by atoms with Crippen LogP contribution in [0.1, 0.15) is 33.1 Å². The van der Waals surface area contributed by atoms with Gasteiger partial charge >= 0.3 is 12.1 Å². The van der Waals surface area contributed by atoms with Crippen molar-refractivity contribution in [3.63, 3.8) is 0 Å². The molecule has 1 rings (SSSR count). The first kappa shape index (κ1) is 12.7. The lowest BCUT2D eigenvalue weighted by Gasteiger charge is -1.90. The van der Waals surface area contributed by atoms with E-state index in [1.165, 1.54) is 0 Å². The van der Waals surface area contributed by atoms with Gasteiger partial charge in [-0.15, -0.1) is 0 Å². The minimum atomic E-state index is -0.693. The van der Waals surface area contributed by atoms with Gasteiger partial charge < -0.3 is 14.6 Å². The average Bonchev–Trinajstić information content (AvgIpc) is 2.47. The van der Waals surface area contributed by atoms with Crippen LogP contribution in [0.3, 0.4) is 0 Å². The molecule has 1 aliphatic rings. The van der Waals surface area contributed by atoms with E-state index in [2.05, 4.69) is 9.47 Å². The normalized spacial score (nSPS) is 19.0. The summed E-state index contributed by atoms with van der Waals surface area (Å²) in [7, 11) is 0. The highest BCUT2D eigenvalue weighted by Crippen LogP contribution is 2.02. The molecule has 0 radical (unpaired) electrons. The Balaban J connectivity index is 0.000000241. The molecule has 5 nitrogen and oxygen atoms in total. The summed E-state index contributed by atoms with van der Waals surface area (Å²) in [5, 5.41) is 8.04. The highest BCUT2D eigenvalue weighted by molar-refractivity contribution is 5.66. The summed E-state index contributed by atoms with van der Waals surface area (Å²) in [4.78, 5) is 19.8. The SMILES string of the molecule is CC1COC(=O)O1.CCCCC(=O)O. The van der Waals surface area contributed by atoms with Gasteiger partial charge in [0, 0.05) is 6.42 Å². The van der Waals surface area contributed by atoms with Crippen molar-refractivity contribution in [2.24, 2.45) is 0 Å². The van der Waals surface area contributed by atoms with Crippen molar-refractivity contribution in [3.05, 3.63) is 0 Å². The lowest BCUT2D eigenvalue weighted by atomic mass is 10.3. The smallest absolute Gasteiger partial charge is 0.481 e. The Morgan fingerprint density at radius 3 is 2.43 bits per heavy atom. The average molecular weight is 204 g/mol. The molecule has 1 unspecified atom stereocenters. The lowest BCUT2D eigenvalue weighted by Crippen LogP contribution is -2.01. The maximum absolute atomic E-state index is 10.0. The maximum atomic E-state index is 10.0. The van der Waals surface area contributed by atoms with E-state index in [1.54, 1.807) is 6.92 Å². The van der Waals surface area contributed by atoms with Gasteiger partial charge in [-0.1, -0.05) is 13.3 Å². The number of carbonyl (C=O) groups is 2. The number of hydrogen-bond donors (Lipinski definition) is 1. The summed E-state index contributed by atoms with van der Waals surface area (Å²) >= 11 is 0. The zero-order chi connectivity index (χ0) is 11.0. The van der Waals surface area contributed by atoms with Crippen molar-refractivity contribution in [1.29, 1.82) is 0 Å². The molecule has 82 valence electrons. The van der Waals surface area contributed by atoms with Gasteiger partial charge in [0.1, 0.15) is 12.7 Å². The molecule has 1 saturated heterocycles. The Morgan fingerprint density at radius 2 is 2.29 bits per heavy atom. The molecule has 0 saturated carbocycles. The molecule has 0 aromatic carbocycles. The lowest BCUT2D eigenvalue weighted by molar-refractivity contribution is -0.137. The second kappa shape index (κ2) is 7.17. The number of hydrogen-bond acceptors (Lipinski definition) is 4. The van der Waals surface area contributed by atoms with Crippen LogP contribution in [0.25, 0.3) is 0 Å². The van der Waals surface area contributed by atoms with Crippen molar-refractivity contribution >= 4 is 12.1 Å². The van der Waals surface area contributed by atoms with E-state index >= 15 is 0 Å². The number of unbranched alkanes of at least 4 members (excludes halogenated alkanes) is 1. The van der Waals surface area contributed by atoms with Crippen LogP contribution in [-0.4, -0.2) is 29.9 Å². The molecule has 0 aromatic rings.